The normalized spacial score (nSPS) is 15.7. The van der Waals surface area contributed by atoms with E-state index in [1.54, 1.807) is 39.8 Å². The first-order valence-corrected chi connectivity index (χ1v) is 13.0. The number of amides is 3. The maximum atomic E-state index is 13.3. The van der Waals surface area contributed by atoms with Gasteiger partial charge in [-0.3, -0.25) is 9.59 Å². The summed E-state index contributed by atoms with van der Waals surface area (Å²) in [6, 6.07) is 20.7. The van der Waals surface area contributed by atoms with Crippen LogP contribution in [0.15, 0.2) is 72.8 Å². The van der Waals surface area contributed by atoms with Crippen LogP contribution in [0.2, 0.25) is 0 Å². The smallest absolute Gasteiger partial charge is 0.407 e. The lowest BCUT2D eigenvalue weighted by Crippen LogP contribution is -2.53. The van der Waals surface area contributed by atoms with Gasteiger partial charge in [0.05, 0.1) is 22.8 Å². The van der Waals surface area contributed by atoms with Gasteiger partial charge in [-0.2, -0.15) is 0 Å². The number of hydroxylamine groups is 2. The van der Waals surface area contributed by atoms with Crippen LogP contribution in [0.3, 0.4) is 0 Å². The molecule has 40 heavy (non-hydrogen) atoms. The van der Waals surface area contributed by atoms with E-state index >= 15 is 0 Å². The molecule has 0 aromatic heterocycles. The van der Waals surface area contributed by atoms with Crippen LogP contribution in [0.25, 0.3) is 11.1 Å². The van der Waals surface area contributed by atoms with Crippen LogP contribution in [-0.4, -0.2) is 53.3 Å². The largest absolute Gasteiger partial charge is 0.449 e. The second-order valence-electron chi connectivity index (χ2n) is 10.7. The van der Waals surface area contributed by atoms with Gasteiger partial charge in [0.1, 0.15) is 6.61 Å². The van der Waals surface area contributed by atoms with E-state index in [0.29, 0.717) is 5.06 Å². The molecule has 1 heterocycles. The lowest BCUT2D eigenvalue weighted by molar-refractivity contribution is -0.177. The summed E-state index contributed by atoms with van der Waals surface area (Å²) >= 11 is 0. The van der Waals surface area contributed by atoms with E-state index in [1.165, 1.54) is 12.1 Å². The Bertz CT molecular complexity index is 1410. The summed E-state index contributed by atoms with van der Waals surface area (Å²) in [7, 11) is 0. The first kappa shape index (κ1) is 27.1. The molecular weight excluding hydrogens is 512 g/mol. The van der Waals surface area contributed by atoms with Crippen LogP contribution in [0, 0.1) is 0 Å². The third-order valence-corrected chi connectivity index (χ3v) is 6.82. The Balaban J connectivity index is 1.30. The summed E-state index contributed by atoms with van der Waals surface area (Å²) in [6.07, 6.45) is -1.75. The molecule has 206 valence electrons. The third kappa shape index (κ3) is 5.20. The second-order valence-corrected chi connectivity index (χ2v) is 10.7. The zero-order valence-electron chi connectivity index (χ0n) is 22.7. The fourth-order valence-corrected chi connectivity index (χ4v) is 5.16. The van der Waals surface area contributed by atoms with Crippen LogP contribution < -0.4 is 5.32 Å². The van der Waals surface area contributed by atoms with E-state index in [0.717, 1.165) is 22.3 Å². The van der Waals surface area contributed by atoms with Crippen molar-refractivity contribution < 1.29 is 33.5 Å². The lowest BCUT2D eigenvalue weighted by atomic mass is 9.98. The van der Waals surface area contributed by atoms with Gasteiger partial charge in [-0.05, 0) is 62.1 Å². The van der Waals surface area contributed by atoms with Crippen molar-refractivity contribution >= 4 is 23.9 Å². The highest BCUT2D eigenvalue weighted by Gasteiger charge is 2.42. The van der Waals surface area contributed by atoms with Crippen molar-refractivity contribution in [1.82, 2.24) is 10.4 Å². The first-order chi connectivity index (χ1) is 19.0. The molecule has 3 aromatic carbocycles. The summed E-state index contributed by atoms with van der Waals surface area (Å²) in [4.78, 5) is 57.0. The fraction of sp³-hybridized carbons (Fsp3) is 0.290. The maximum Gasteiger partial charge on any atom is 0.407 e. The molecule has 3 amide bonds. The van der Waals surface area contributed by atoms with Gasteiger partial charge in [0.25, 0.3) is 11.8 Å². The Hall–Kier alpha value is -4.50. The average Bonchev–Trinajstić information content (AvgIpc) is 3.37. The molecule has 0 saturated carbocycles. The van der Waals surface area contributed by atoms with E-state index in [9.17, 15) is 19.2 Å². The Morgan fingerprint density at radius 1 is 0.825 bits per heavy atom. The molecule has 2 atom stereocenters. The van der Waals surface area contributed by atoms with Crippen LogP contribution in [0.5, 0.6) is 0 Å². The van der Waals surface area contributed by atoms with E-state index in [-0.39, 0.29) is 23.7 Å². The van der Waals surface area contributed by atoms with Gasteiger partial charge in [0, 0.05) is 5.92 Å². The minimum Gasteiger partial charge on any atom is -0.449 e. The van der Waals surface area contributed by atoms with Crippen LogP contribution in [0.1, 0.15) is 65.5 Å². The van der Waals surface area contributed by atoms with E-state index in [2.05, 4.69) is 5.32 Å². The highest BCUT2D eigenvalue weighted by Crippen LogP contribution is 2.44. The number of nitrogens with one attached hydrogen (secondary N) is 1. The van der Waals surface area contributed by atoms with E-state index in [1.807, 2.05) is 48.5 Å². The van der Waals surface area contributed by atoms with Crippen molar-refractivity contribution in [2.45, 2.75) is 51.4 Å². The molecule has 9 nitrogen and oxygen atoms in total. The molecule has 0 fully saturated rings. The number of hydrogen-bond acceptors (Lipinski definition) is 7. The Morgan fingerprint density at radius 3 is 1.80 bits per heavy atom. The summed E-state index contributed by atoms with van der Waals surface area (Å²) in [5.41, 5.74) is 3.84. The van der Waals surface area contributed by atoms with Crippen molar-refractivity contribution in [3.8, 4) is 11.1 Å². The minimum absolute atomic E-state index is 0.0363. The quantitative estimate of drug-likeness (QED) is 0.425. The van der Waals surface area contributed by atoms with E-state index < -0.39 is 41.6 Å². The molecule has 0 radical (unpaired) electrons. The van der Waals surface area contributed by atoms with Crippen molar-refractivity contribution in [3.05, 3.63) is 95.1 Å². The number of alkyl carbamates (subject to hydrolysis) is 1. The molecule has 9 heteroatoms. The Morgan fingerprint density at radius 2 is 1.30 bits per heavy atom. The van der Waals surface area contributed by atoms with Gasteiger partial charge in [-0.25, -0.2) is 9.59 Å². The zero-order valence-corrected chi connectivity index (χ0v) is 22.7. The number of ether oxygens (including phenoxy) is 2. The van der Waals surface area contributed by atoms with Crippen molar-refractivity contribution in [2.24, 2.45) is 0 Å². The van der Waals surface area contributed by atoms with Gasteiger partial charge in [-0.15, -0.1) is 0 Å². The number of fused-ring (bicyclic) bond motifs is 4. The molecule has 0 unspecified atom stereocenters. The summed E-state index contributed by atoms with van der Waals surface area (Å²) in [5, 5.41) is 2.93. The zero-order chi connectivity index (χ0) is 28.6. The van der Waals surface area contributed by atoms with Crippen molar-refractivity contribution in [1.29, 1.82) is 0 Å². The molecule has 1 aliphatic heterocycles. The molecule has 3 aromatic rings. The monoisotopic (exact) mass is 542 g/mol. The van der Waals surface area contributed by atoms with Crippen LogP contribution in [0.4, 0.5) is 4.79 Å². The minimum atomic E-state index is -1.38. The number of carbonyl (C=O) groups excluding carboxylic acids is 4. The average molecular weight is 543 g/mol. The van der Waals surface area contributed by atoms with Crippen LogP contribution in [-0.2, 0) is 19.1 Å². The number of imide groups is 1. The standard InChI is InChI=1S/C31H30N2O7/c1-18(39-31(2,3)4)26(29(36)40-33-27(34)23-15-9-10-16-24(23)28(33)35)32-30(37)38-17-25-21-13-7-5-11-19(21)20-12-6-8-14-22(20)25/h5-16,18,25-26H,17H2,1-4H3,(H,32,37)/t18-,26+/m0/s1. The summed E-state index contributed by atoms with van der Waals surface area (Å²) < 4.78 is 11.5. The molecule has 2 aliphatic rings. The highest BCUT2D eigenvalue weighted by molar-refractivity contribution is 6.21. The number of carbonyl (C=O) groups is 4. The van der Waals surface area contributed by atoms with Gasteiger partial charge in [-0.1, -0.05) is 65.7 Å². The molecule has 0 bridgehead atoms. The number of nitrogens with zero attached hydrogens (tertiary/aromatic N) is 1. The third-order valence-electron chi connectivity index (χ3n) is 6.82. The number of rotatable bonds is 7. The maximum absolute atomic E-state index is 13.3. The van der Waals surface area contributed by atoms with Gasteiger partial charge >= 0.3 is 12.1 Å². The topological polar surface area (TPSA) is 111 Å². The highest BCUT2D eigenvalue weighted by atomic mass is 16.7. The van der Waals surface area contributed by atoms with Crippen molar-refractivity contribution in [3.63, 3.8) is 0 Å². The number of benzene rings is 3. The predicted octanol–water partition coefficient (Wildman–Crippen LogP) is 4.85. The first-order valence-electron chi connectivity index (χ1n) is 13.0. The lowest BCUT2D eigenvalue weighted by Gasteiger charge is -2.30. The molecule has 1 aliphatic carbocycles. The summed E-state index contributed by atoms with van der Waals surface area (Å²) in [5.74, 6) is -2.75. The number of hydrogen-bond donors (Lipinski definition) is 1. The second kappa shape index (κ2) is 10.6. The predicted molar refractivity (Wildman–Crippen MR) is 145 cm³/mol. The Kier molecular flexibility index (Phi) is 7.16. The molecular formula is C31H30N2O7. The van der Waals surface area contributed by atoms with Crippen LogP contribution >= 0.6 is 0 Å². The molecule has 0 saturated heterocycles. The molecule has 0 spiro atoms. The SMILES string of the molecule is C[C@H](OC(C)(C)C)[C@@H](NC(=O)OCC1c2ccccc2-c2ccccc21)C(=O)ON1C(=O)c2ccccc2C1=O. The van der Waals surface area contributed by atoms with Gasteiger partial charge in [0.15, 0.2) is 6.04 Å². The van der Waals surface area contributed by atoms with Gasteiger partial charge in [0.2, 0.25) is 0 Å². The van der Waals surface area contributed by atoms with E-state index in [4.69, 9.17) is 14.3 Å². The molecule has 5 rings (SSSR count). The van der Waals surface area contributed by atoms with Gasteiger partial charge < -0.3 is 19.6 Å². The van der Waals surface area contributed by atoms with Crippen molar-refractivity contribution in [2.75, 3.05) is 6.61 Å². The molecule has 1 N–H and O–H groups in total. The summed E-state index contributed by atoms with van der Waals surface area (Å²) in [6.45, 7) is 7.01. The Labute approximate surface area is 232 Å². The fourth-order valence-electron chi connectivity index (χ4n) is 5.16.